The van der Waals surface area contributed by atoms with Gasteiger partial charge in [0.2, 0.25) is 0 Å². The maximum absolute atomic E-state index is 12.5. The van der Waals surface area contributed by atoms with E-state index >= 15 is 0 Å². The third kappa shape index (κ3) is 3.26. The Morgan fingerprint density at radius 1 is 1.38 bits per heavy atom. The number of urea groups is 1. The number of imide groups is 1. The van der Waals surface area contributed by atoms with E-state index in [1.165, 1.54) is 11.2 Å². The van der Waals surface area contributed by atoms with Crippen LogP contribution in [0.1, 0.15) is 39.9 Å². The van der Waals surface area contributed by atoms with Gasteiger partial charge in [0.1, 0.15) is 5.76 Å². The summed E-state index contributed by atoms with van der Waals surface area (Å²) in [5.74, 6) is 0.189. The normalized spacial score (nSPS) is 22.8. The third-order valence-electron chi connectivity index (χ3n) is 3.50. The quantitative estimate of drug-likeness (QED) is 0.641. The van der Waals surface area contributed by atoms with Crippen molar-refractivity contribution in [2.24, 2.45) is 0 Å². The molecule has 1 fully saturated rings. The summed E-state index contributed by atoms with van der Waals surface area (Å²) in [4.78, 5) is 25.8. The van der Waals surface area contributed by atoms with Crippen molar-refractivity contribution in [3.63, 3.8) is 0 Å². The predicted molar refractivity (Wildman–Crippen MR) is 78.7 cm³/mol. The molecule has 0 saturated carbocycles. The van der Waals surface area contributed by atoms with E-state index in [-0.39, 0.29) is 17.5 Å². The van der Waals surface area contributed by atoms with Gasteiger partial charge >= 0.3 is 6.03 Å². The lowest BCUT2D eigenvalue weighted by Crippen LogP contribution is -2.41. The summed E-state index contributed by atoms with van der Waals surface area (Å²) in [6.45, 7) is 9.04. The van der Waals surface area contributed by atoms with Crippen molar-refractivity contribution < 1.29 is 14.0 Å². The second kappa shape index (κ2) is 5.52. The van der Waals surface area contributed by atoms with E-state index in [1.54, 1.807) is 19.1 Å². The van der Waals surface area contributed by atoms with Crippen LogP contribution in [0, 0.1) is 0 Å². The van der Waals surface area contributed by atoms with Gasteiger partial charge in [0.15, 0.2) is 5.54 Å². The van der Waals surface area contributed by atoms with Crippen LogP contribution in [0.25, 0.3) is 0 Å². The molecule has 0 aliphatic carbocycles. The molecule has 1 aliphatic rings. The second-order valence-electron chi connectivity index (χ2n) is 6.52. The monoisotopic (exact) mass is 293 g/mol. The molecule has 0 radical (unpaired) electrons. The van der Waals surface area contributed by atoms with Crippen LogP contribution in [0.5, 0.6) is 0 Å². The maximum atomic E-state index is 12.5. The Morgan fingerprint density at radius 2 is 2.10 bits per heavy atom. The van der Waals surface area contributed by atoms with Crippen molar-refractivity contribution in [1.82, 2.24) is 15.5 Å². The Hall–Kier alpha value is -1.82. The second-order valence-corrected chi connectivity index (χ2v) is 6.52. The summed E-state index contributed by atoms with van der Waals surface area (Å²) in [5.41, 5.74) is -1.07. The molecule has 0 spiro atoms. The van der Waals surface area contributed by atoms with Gasteiger partial charge in [0.25, 0.3) is 5.91 Å². The molecule has 2 rings (SSSR count). The first kappa shape index (κ1) is 15.6. The first-order valence-electron chi connectivity index (χ1n) is 7.17. The standard InChI is InChI=1S/C15H23N3O3/c1-14(2,3)16-8-6-9-18-12(19)15(4,17-13(18)20)11-7-5-10-21-11/h5,7,10,16H,6,8-9H2,1-4H3,(H,17,20). The largest absolute Gasteiger partial charge is 0.466 e. The minimum Gasteiger partial charge on any atom is -0.466 e. The first-order chi connectivity index (χ1) is 9.74. The lowest BCUT2D eigenvalue weighted by atomic mass is 9.99. The van der Waals surface area contributed by atoms with Gasteiger partial charge in [-0.25, -0.2) is 4.79 Å². The Kier molecular flexibility index (Phi) is 4.09. The highest BCUT2D eigenvalue weighted by Gasteiger charge is 2.50. The van der Waals surface area contributed by atoms with Crippen molar-refractivity contribution in [1.29, 1.82) is 0 Å². The number of carbonyl (C=O) groups is 2. The van der Waals surface area contributed by atoms with Gasteiger partial charge in [-0.3, -0.25) is 9.69 Å². The van der Waals surface area contributed by atoms with E-state index < -0.39 is 5.54 Å². The molecule has 0 bridgehead atoms. The predicted octanol–water partition coefficient (Wildman–Crippen LogP) is 1.82. The molecule has 0 aromatic carbocycles. The van der Waals surface area contributed by atoms with Gasteiger partial charge in [-0.15, -0.1) is 0 Å². The molecule has 2 heterocycles. The molecule has 6 nitrogen and oxygen atoms in total. The average molecular weight is 293 g/mol. The molecular formula is C15H23N3O3. The van der Waals surface area contributed by atoms with Crippen molar-refractivity contribution in [3.8, 4) is 0 Å². The molecule has 6 heteroatoms. The fourth-order valence-corrected chi connectivity index (χ4v) is 2.33. The van der Waals surface area contributed by atoms with Gasteiger partial charge in [0, 0.05) is 12.1 Å². The molecule has 1 aliphatic heterocycles. The minimum absolute atomic E-state index is 0.0277. The molecule has 2 N–H and O–H groups in total. The first-order valence-corrected chi connectivity index (χ1v) is 7.17. The smallest absolute Gasteiger partial charge is 0.325 e. The number of furan rings is 1. The van der Waals surface area contributed by atoms with Gasteiger partial charge in [0.05, 0.1) is 6.26 Å². The number of rotatable bonds is 5. The lowest BCUT2D eigenvalue weighted by molar-refractivity contribution is -0.131. The van der Waals surface area contributed by atoms with E-state index in [0.29, 0.717) is 18.7 Å². The van der Waals surface area contributed by atoms with Gasteiger partial charge in [-0.05, 0) is 52.8 Å². The van der Waals surface area contributed by atoms with Crippen LogP contribution in [0.3, 0.4) is 0 Å². The van der Waals surface area contributed by atoms with Crippen LogP contribution >= 0.6 is 0 Å². The summed E-state index contributed by atoms with van der Waals surface area (Å²) in [5, 5.41) is 6.05. The van der Waals surface area contributed by atoms with Gasteiger partial charge in [-0.2, -0.15) is 0 Å². The zero-order valence-electron chi connectivity index (χ0n) is 13.0. The summed E-state index contributed by atoms with van der Waals surface area (Å²) < 4.78 is 5.28. The maximum Gasteiger partial charge on any atom is 0.325 e. The van der Waals surface area contributed by atoms with Crippen LogP contribution < -0.4 is 10.6 Å². The Bertz CT molecular complexity index is 519. The number of hydrogen-bond acceptors (Lipinski definition) is 4. The van der Waals surface area contributed by atoms with Crippen molar-refractivity contribution in [2.45, 2.75) is 45.2 Å². The molecule has 1 aromatic rings. The van der Waals surface area contributed by atoms with Crippen LogP contribution in [0.4, 0.5) is 4.79 Å². The molecule has 21 heavy (non-hydrogen) atoms. The van der Waals surface area contributed by atoms with Crippen molar-refractivity contribution in [2.75, 3.05) is 13.1 Å². The molecule has 1 saturated heterocycles. The molecule has 3 amide bonds. The highest BCUT2D eigenvalue weighted by atomic mass is 16.3. The number of carbonyl (C=O) groups excluding carboxylic acids is 2. The number of amides is 3. The Labute approximate surface area is 124 Å². The molecular weight excluding hydrogens is 270 g/mol. The Morgan fingerprint density at radius 3 is 2.67 bits per heavy atom. The number of nitrogens with one attached hydrogen (secondary N) is 2. The zero-order chi connectivity index (χ0) is 15.7. The fourth-order valence-electron chi connectivity index (χ4n) is 2.33. The SMILES string of the molecule is CC(C)(C)NCCCN1C(=O)NC(C)(c2ccco2)C1=O. The van der Waals surface area contributed by atoms with Crippen LogP contribution in [0.15, 0.2) is 22.8 Å². The summed E-state index contributed by atoms with van der Waals surface area (Å²) in [6.07, 6.45) is 2.21. The highest BCUT2D eigenvalue weighted by Crippen LogP contribution is 2.28. The van der Waals surface area contributed by atoms with Gasteiger partial charge in [-0.1, -0.05) is 0 Å². The van der Waals surface area contributed by atoms with Crippen molar-refractivity contribution >= 4 is 11.9 Å². The van der Waals surface area contributed by atoms with E-state index in [4.69, 9.17) is 4.42 Å². The Balaban J connectivity index is 1.96. The third-order valence-corrected chi connectivity index (χ3v) is 3.50. The van der Waals surface area contributed by atoms with Gasteiger partial charge < -0.3 is 15.1 Å². The summed E-state index contributed by atoms with van der Waals surface area (Å²) >= 11 is 0. The summed E-state index contributed by atoms with van der Waals surface area (Å²) in [7, 11) is 0. The van der Waals surface area contributed by atoms with Crippen LogP contribution in [-0.4, -0.2) is 35.5 Å². The van der Waals surface area contributed by atoms with Crippen molar-refractivity contribution in [3.05, 3.63) is 24.2 Å². The topological polar surface area (TPSA) is 74.6 Å². The average Bonchev–Trinajstić information content (AvgIpc) is 2.96. The molecule has 116 valence electrons. The fraction of sp³-hybridized carbons (Fsp3) is 0.600. The molecule has 1 atom stereocenters. The minimum atomic E-state index is -1.10. The van der Waals surface area contributed by atoms with E-state index in [9.17, 15) is 9.59 Å². The van der Waals surface area contributed by atoms with E-state index in [2.05, 4.69) is 31.4 Å². The number of nitrogens with zero attached hydrogens (tertiary/aromatic N) is 1. The molecule has 1 unspecified atom stereocenters. The highest BCUT2D eigenvalue weighted by molar-refractivity contribution is 6.06. The number of hydrogen-bond donors (Lipinski definition) is 2. The zero-order valence-corrected chi connectivity index (χ0v) is 13.0. The van der Waals surface area contributed by atoms with E-state index in [1.807, 2.05) is 0 Å². The van der Waals surface area contributed by atoms with E-state index in [0.717, 1.165) is 6.54 Å². The summed E-state index contributed by atoms with van der Waals surface area (Å²) in [6, 6.07) is 3.04. The lowest BCUT2D eigenvalue weighted by Gasteiger charge is -2.22. The van der Waals surface area contributed by atoms with Crippen LogP contribution in [0.2, 0.25) is 0 Å². The molecule has 1 aromatic heterocycles. The van der Waals surface area contributed by atoms with Crippen LogP contribution in [-0.2, 0) is 10.3 Å².